The number of rotatable bonds is 5. The number of nitrogens with zero attached hydrogens (tertiary/aromatic N) is 1. The smallest absolute Gasteiger partial charge is 0.421 e. The van der Waals surface area contributed by atoms with Gasteiger partial charge in [0, 0.05) is 12.2 Å². The molecule has 0 unspecified atom stereocenters. The Morgan fingerprint density at radius 2 is 1.93 bits per heavy atom. The zero-order valence-corrected chi connectivity index (χ0v) is 14.8. The highest BCUT2D eigenvalue weighted by Crippen LogP contribution is 2.26. The normalized spacial score (nSPS) is 20.0. The molecule has 10 heteroatoms. The second-order valence-electron chi connectivity index (χ2n) is 6.18. The molecule has 1 aromatic heterocycles. The average Bonchev–Trinajstić information content (AvgIpc) is 2.57. The van der Waals surface area contributed by atoms with E-state index in [0.29, 0.717) is 36.3 Å². The third-order valence-corrected chi connectivity index (χ3v) is 4.19. The van der Waals surface area contributed by atoms with Crippen LogP contribution in [0.1, 0.15) is 38.2 Å². The molecular formula is C17H21F3N2O5. The lowest BCUT2D eigenvalue weighted by molar-refractivity contribution is -0.152. The Hall–Kier alpha value is -2.52. The van der Waals surface area contributed by atoms with Crippen LogP contribution in [0.2, 0.25) is 0 Å². The SMILES string of the molecule is CCOC(=O)NC1CCC(OC(=O)Cn2cccc(C(F)(F)F)c2=O)CC1. The first-order valence-corrected chi connectivity index (χ1v) is 8.60. The van der Waals surface area contributed by atoms with Gasteiger partial charge in [-0.2, -0.15) is 13.2 Å². The van der Waals surface area contributed by atoms with Crippen molar-refractivity contribution in [1.82, 2.24) is 9.88 Å². The second kappa shape index (κ2) is 8.92. The molecule has 0 saturated heterocycles. The quantitative estimate of drug-likeness (QED) is 0.781. The Kier molecular flexibility index (Phi) is 6.86. The molecule has 7 nitrogen and oxygen atoms in total. The van der Waals surface area contributed by atoms with Crippen molar-refractivity contribution in [3.63, 3.8) is 0 Å². The van der Waals surface area contributed by atoms with Gasteiger partial charge in [-0.3, -0.25) is 9.59 Å². The fraction of sp³-hybridized carbons (Fsp3) is 0.588. The molecule has 0 aromatic carbocycles. The first-order valence-electron chi connectivity index (χ1n) is 8.60. The summed E-state index contributed by atoms with van der Waals surface area (Å²) in [6, 6.07) is 1.65. The summed E-state index contributed by atoms with van der Waals surface area (Å²) < 4.78 is 49.0. The molecule has 0 radical (unpaired) electrons. The molecule has 0 spiro atoms. The number of amides is 1. The zero-order valence-electron chi connectivity index (χ0n) is 14.8. The highest BCUT2D eigenvalue weighted by atomic mass is 19.4. The van der Waals surface area contributed by atoms with E-state index in [1.54, 1.807) is 6.92 Å². The molecule has 150 valence electrons. The predicted molar refractivity (Wildman–Crippen MR) is 88.0 cm³/mol. The van der Waals surface area contributed by atoms with Crippen LogP contribution in [0.25, 0.3) is 0 Å². The number of ether oxygens (including phenoxy) is 2. The number of halogens is 3. The largest absolute Gasteiger partial charge is 0.461 e. The molecule has 0 aliphatic heterocycles. The lowest BCUT2D eigenvalue weighted by atomic mass is 9.93. The van der Waals surface area contributed by atoms with Gasteiger partial charge < -0.3 is 19.4 Å². The molecule has 1 saturated carbocycles. The number of nitrogens with one attached hydrogen (secondary N) is 1. The molecule has 0 atom stereocenters. The average molecular weight is 390 g/mol. The number of hydrogen-bond acceptors (Lipinski definition) is 5. The lowest BCUT2D eigenvalue weighted by Crippen LogP contribution is -2.40. The summed E-state index contributed by atoms with van der Waals surface area (Å²) in [5.74, 6) is -0.779. The van der Waals surface area contributed by atoms with Gasteiger partial charge in [-0.1, -0.05) is 0 Å². The van der Waals surface area contributed by atoms with Crippen molar-refractivity contribution in [3.8, 4) is 0 Å². The minimum Gasteiger partial charge on any atom is -0.461 e. The van der Waals surface area contributed by atoms with Crippen LogP contribution in [0.5, 0.6) is 0 Å². The summed E-state index contributed by atoms with van der Waals surface area (Å²) in [7, 11) is 0. The maximum Gasteiger partial charge on any atom is 0.421 e. The van der Waals surface area contributed by atoms with Gasteiger partial charge in [-0.05, 0) is 44.7 Å². The van der Waals surface area contributed by atoms with Crippen LogP contribution in [0.15, 0.2) is 23.1 Å². The van der Waals surface area contributed by atoms with Crippen molar-refractivity contribution >= 4 is 12.1 Å². The van der Waals surface area contributed by atoms with E-state index in [0.717, 1.165) is 12.3 Å². The molecule has 1 heterocycles. The van der Waals surface area contributed by atoms with Crippen molar-refractivity contribution in [2.24, 2.45) is 0 Å². The minimum absolute atomic E-state index is 0.0786. The molecule has 1 aliphatic carbocycles. The molecule has 2 rings (SSSR count). The molecule has 1 N–H and O–H groups in total. The maximum absolute atomic E-state index is 12.7. The van der Waals surface area contributed by atoms with Gasteiger partial charge in [-0.25, -0.2) is 4.79 Å². The van der Waals surface area contributed by atoms with E-state index in [9.17, 15) is 27.6 Å². The second-order valence-corrected chi connectivity index (χ2v) is 6.18. The molecule has 1 aromatic rings. The minimum atomic E-state index is -4.78. The third-order valence-electron chi connectivity index (χ3n) is 4.19. The predicted octanol–water partition coefficient (Wildman–Crippen LogP) is 2.47. The van der Waals surface area contributed by atoms with Crippen molar-refractivity contribution in [3.05, 3.63) is 34.2 Å². The molecule has 1 aliphatic rings. The van der Waals surface area contributed by atoms with Gasteiger partial charge in [0.15, 0.2) is 0 Å². The highest BCUT2D eigenvalue weighted by molar-refractivity contribution is 5.69. The van der Waals surface area contributed by atoms with Gasteiger partial charge in [0.05, 0.1) is 6.61 Å². The Balaban J connectivity index is 1.86. The van der Waals surface area contributed by atoms with Gasteiger partial charge in [0.1, 0.15) is 18.2 Å². The van der Waals surface area contributed by atoms with E-state index in [1.807, 2.05) is 0 Å². The van der Waals surface area contributed by atoms with Crippen molar-refractivity contribution in [2.45, 2.75) is 57.5 Å². The summed E-state index contributed by atoms with van der Waals surface area (Å²) in [4.78, 5) is 35.2. The van der Waals surface area contributed by atoms with Crippen molar-refractivity contribution < 1.29 is 32.2 Å². The van der Waals surface area contributed by atoms with Gasteiger partial charge in [-0.15, -0.1) is 0 Å². The van der Waals surface area contributed by atoms with Crippen LogP contribution < -0.4 is 10.9 Å². The fourth-order valence-electron chi connectivity index (χ4n) is 2.90. The molecule has 0 bridgehead atoms. The van der Waals surface area contributed by atoms with Crippen LogP contribution in [-0.4, -0.2) is 35.4 Å². The highest BCUT2D eigenvalue weighted by Gasteiger charge is 2.34. The summed E-state index contributed by atoms with van der Waals surface area (Å²) in [5, 5.41) is 2.71. The van der Waals surface area contributed by atoms with Crippen LogP contribution >= 0.6 is 0 Å². The first kappa shape index (κ1) is 20.8. The molecule has 27 heavy (non-hydrogen) atoms. The fourth-order valence-corrected chi connectivity index (χ4v) is 2.90. The van der Waals surface area contributed by atoms with Crippen LogP contribution in [0, 0.1) is 0 Å². The number of carbonyl (C=O) groups is 2. The Morgan fingerprint density at radius 1 is 1.26 bits per heavy atom. The van der Waals surface area contributed by atoms with E-state index in [2.05, 4.69) is 5.32 Å². The Bertz CT molecular complexity index is 724. The summed E-state index contributed by atoms with van der Waals surface area (Å²) in [6.45, 7) is 1.38. The number of alkyl halides is 3. The Labute approximate surface area is 153 Å². The van der Waals surface area contributed by atoms with Crippen LogP contribution in [-0.2, 0) is 27.0 Å². The molecule has 1 amide bonds. The number of alkyl carbamates (subject to hydrolysis) is 1. The van der Waals surface area contributed by atoms with Gasteiger partial charge >= 0.3 is 18.2 Å². The van der Waals surface area contributed by atoms with Crippen LogP contribution in [0.4, 0.5) is 18.0 Å². The lowest BCUT2D eigenvalue weighted by Gasteiger charge is -2.28. The van der Waals surface area contributed by atoms with E-state index >= 15 is 0 Å². The molecule has 1 fully saturated rings. The number of hydrogen-bond donors (Lipinski definition) is 1. The van der Waals surface area contributed by atoms with Crippen molar-refractivity contribution in [2.75, 3.05) is 6.61 Å². The van der Waals surface area contributed by atoms with E-state index < -0.39 is 42.0 Å². The van der Waals surface area contributed by atoms with E-state index in [-0.39, 0.29) is 12.6 Å². The summed E-state index contributed by atoms with van der Waals surface area (Å²) in [6.07, 6.45) is -2.41. The standard InChI is InChI=1S/C17H21F3N2O5/c1-2-26-16(25)21-11-5-7-12(8-6-11)27-14(23)10-22-9-3-4-13(15(22)24)17(18,19)20/h3-4,9,11-12H,2,5-8,10H2,1H3,(H,21,25). The number of esters is 1. The number of carbonyl (C=O) groups excluding carboxylic acids is 2. The summed E-state index contributed by atoms with van der Waals surface area (Å²) in [5.41, 5.74) is -2.62. The summed E-state index contributed by atoms with van der Waals surface area (Å²) >= 11 is 0. The van der Waals surface area contributed by atoms with E-state index in [4.69, 9.17) is 9.47 Å². The first-order chi connectivity index (χ1) is 12.7. The van der Waals surface area contributed by atoms with Gasteiger partial charge in [0.25, 0.3) is 5.56 Å². The number of aromatic nitrogens is 1. The van der Waals surface area contributed by atoms with Gasteiger partial charge in [0.2, 0.25) is 0 Å². The van der Waals surface area contributed by atoms with Crippen molar-refractivity contribution in [1.29, 1.82) is 0 Å². The van der Waals surface area contributed by atoms with Crippen LogP contribution in [0.3, 0.4) is 0 Å². The topological polar surface area (TPSA) is 86.6 Å². The van der Waals surface area contributed by atoms with E-state index in [1.165, 1.54) is 0 Å². The maximum atomic E-state index is 12.7. The third kappa shape index (κ3) is 6.00. The Morgan fingerprint density at radius 3 is 2.52 bits per heavy atom. The monoisotopic (exact) mass is 390 g/mol. The zero-order chi connectivity index (χ0) is 20.0. The number of pyridine rings is 1. The molecular weight excluding hydrogens is 369 g/mol.